The predicted molar refractivity (Wildman–Crippen MR) is 138 cm³/mol. The molecule has 0 radical (unpaired) electrons. The summed E-state index contributed by atoms with van der Waals surface area (Å²) in [7, 11) is 4.04. The van der Waals surface area contributed by atoms with Gasteiger partial charge in [-0.2, -0.15) is 5.26 Å². The zero-order valence-corrected chi connectivity index (χ0v) is 21.7. The number of nitriles is 1. The molecule has 4 fully saturated rings. The van der Waals surface area contributed by atoms with Gasteiger partial charge >= 0.3 is 0 Å². The highest BCUT2D eigenvalue weighted by Gasteiger charge is 2.51. The highest BCUT2D eigenvalue weighted by atomic mass is 16.2. The molecule has 36 heavy (non-hydrogen) atoms. The van der Waals surface area contributed by atoms with Gasteiger partial charge in [0, 0.05) is 43.0 Å². The molecule has 1 aliphatic carbocycles. The number of fused-ring (bicyclic) bond motifs is 1. The lowest BCUT2D eigenvalue weighted by Gasteiger charge is -2.35. The lowest BCUT2D eigenvalue weighted by Crippen LogP contribution is -2.52. The number of piperidine rings is 2. The monoisotopic (exact) mass is 493 g/mol. The first-order valence-corrected chi connectivity index (χ1v) is 13.4. The van der Waals surface area contributed by atoms with E-state index in [-0.39, 0.29) is 42.0 Å². The molecule has 9 nitrogen and oxygen atoms in total. The molecule has 3 unspecified atom stereocenters. The number of hydrazine groups is 1. The Bertz CT molecular complexity index is 1030. The van der Waals surface area contributed by atoms with E-state index in [1.54, 1.807) is 0 Å². The van der Waals surface area contributed by atoms with E-state index < -0.39 is 0 Å². The Balaban J connectivity index is 1.30. The number of amides is 2. The molecule has 9 heteroatoms. The van der Waals surface area contributed by atoms with Crippen LogP contribution >= 0.6 is 0 Å². The van der Waals surface area contributed by atoms with E-state index in [1.807, 2.05) is 37.1 Å². The molecule has 4 atom stereocenters. The molecule has 0 bridgehead atoms. The lowest BCUT2D eigenvalue weighted by atomic mass is 9.90. The first-order chi connectivity index (χ1) is 17.4. The number of carbonyl (C=O) groups is 2. The maximum absolute atomic E-state index is 13.3. The summed E-state index contributed by atoms with van der Waals surface area (Å²) in [6, 6.07) is 8.68. The number of rotatable bonds is 7. The average molecular weight is 494 g/mol. The summed E-state index contributed by atoms with van der Waals surface area (Å²) in [6.07, 6.45) is 5.36. The second kappa shape index (κ2) is 10.4. The fourth-order valence-electron chi connectivity index (χ4n) is 6.28. The molecule has 3 aliphatic heterocycles. The number of carbonyl (C=O) groups excluding carboxylic acids is 2. The number of benzene rings is 1. The standard InChI is InChI=1S/C27H39N7O2/c1-17-16-19(6-7-21(17)27(36)33(3)20-10-14-32(2)15-11-20)30-25-24-23(9-13-29-26(24)35)34(31-25)22(8-12-28)18-4-5-18/h6-7,16,18,20,22-25,30-31H,4-5,8-11,13-15H2,1-3H3,(H,29,35)/t22-,23?,24?,25?/m0/s1. The fourth-order valence-corrected chi connectivity index (χ4v) is 6.28. The number of anilines is 1. The summed E-state index contributed by atoms with van der Waals surface area (Å²) < 4.78 is 0. The van der Waals surface area contributed by atoms with Gasteiger partial charge in [0.15, 0.2) is 0 Å². The van der Waals surface area contributed by atoms with E-state index in [0.717, 1.165) is 62.0 Å². The number of nitrogens with one attached hydrogen (secondary N) is 3. The Labute approximate surface area is 214 Å². The minimum absolute atomic E-state index is 0.0496. The van der Waals surface area contributed by atoms with Crippen molar-refractivity contribution in [3.05, 3.63) is 29.3 Å². The van der Waals surface area contributed by atoms with Crippen molar-refractivity contribution in [2.24, 2.45) is 11.8 Å². The maximum atomic E-state index is 13.3. The van der Waals surface area contributed by atoms with E-state index in [9.17, 15) is 14.9 Å². The van der Waals surface area contributed by atoms with Crippen LogP contribution in [0.5, 0.6) is 0 Å². The molecular weight excluding hydrogens is 454 g/mol. The van der Waals surface area contributed by atoms with Gasteiger partial charge in [-0.05, 0) is 88.8 Å². The predicted octanol–water partition coefficient (Wildman–Crippen LogP) is 1.92. The van der Waals surface area contributed by atoms with Crippen molar-refractivity contribution in [2.75, 3.05) is 39.0 Å². The van der Waals surface area contributed by atoms with Crippen LogP contribution in [0.3, 0.4) is 0 Å². The third-order valence-corrected chi connectivity index (χ3v) is 8.62. The highest BCUT2D eigenvalue weighted by Crippen LogP contribution is 2.41. The van der Waals surface area contributed by atoms with Crippen LogP contribution in [-0.2, 0) is 4.79 Å². The van der Waals surface area contributed by atoms with Gasteiger partial charge < -0.3 is 20.4 Å². The Hall–Kier alpha value is -2.67. The minimum Gasteiger partial charge on any atom is -0.368 e. The van der Waals surface area contributed by atoms with Crippen molar-refractivity contribution < 1.29 is 9.59 Å². The van der Waals surface area contributed by atoms with Crippen molar-refractivity contribution in [2.45, 2.75) is 69.7 Å². The Kier molecular flexibility index (Phi) is 7.20. The number of hydrogen-bond acceptors (Lipinski definition) is 7. The molecule has 1 aromatic rings. The topological polar surface area (TPSA) is 104 Å². The normalized spacial score (nSPS) is 28.2. The van der Waals surface area contributed by atoms with Gasteiger partial charge in [0.2, 0.25) is 5.91 Å². The molecular formula is C27H39N7O2. The van der Waals surface area contributed by atoms with Gasteiger partial charge in [-0.3, -0.25) is 9.59 Å². The molecule has 194 valence electrons. The van der Waals surface area contributed by atoms with Crippen LogP contribution in [0.25, 0.3) is 0 Å². The highest BCUT2D eigenvalue weighted by molar-refractivity contribution is 5.96. The Morgan fingerprint density at radius 2 is 2.00 bits per heavy atom. The molecule has 1 aromatic carbocycles. The van der Waals surface area contributed by atoms with Crippen LogP contribution in [-0.4, -0.2) is 84.6 Å². The maximum Gasteiger partial charge on any atom is 0.254 e. The minimum atomic E-state index is -0.266. The van der Waals surface area contributed by atoms with Crippen LogP contribution in [0.1, 0.15) is 54.4 Å². The van der Waals surface area contributed by atoms with Crippen LogP contribution < -0.4 is 16.1 Å². The number of aryl methyl sites for hydroxylation is 1. The van der Waals surface area contributed by atoms with E-state index in [1.165, 1.54) is 0 Å². The molecule has 5 rings (SSSR count). The van der Waals surface area contributed by atoms with E-state index >= 15 is 0 Å². The second-order valence-corrected chi connectivity index (χ2v) is 11.1. The van der Waals surface area contributed by atoms with Crippen LogP contribution in [0.2, 0.25) is 0 Å². The first-order valence-electron chi connectivity index (χ1n) is 13.4. The third-order valence-electron chi connectivity index (χ3n) is 8.62. The van der Waals surface area contributed by atoms with Crippen LogP contribution in [0, 0.1) is 30.1 Å². The van der Waals surface area contributed by atoms with Crippen molar-refractivity contribution in [1.29, 1.82) is 5.26 Å². The molecule has 1 saturated carbocycles. The summed E-state index contributed by atoms with van der Waals surface area (Å²) in [4.78, 5) is 30.4. The SMILES string of the molecule is Cc1cc(NC2NN([C@@H](CC#N)C3CC3)C3CCNC(=O)C23)ccc1C(=O)N(C)C1CCN(C)CC1. The van der Waals surface area contributed by atoms with Crippen molar-refractivity contribution in [3.8, 4) is 6.07 Å². The number of nitrogens with zero attached hydrogens (tertiary/aromatic N) is 4. The fraction of sp³-hybridized carbons (Fsp3) is 0.667. The molecule has 3 N–H and O–H groups in total. The summed E-state index contributed by atoms with van der Waals surface area (Å²) in [6.45, 7) is 4.67. The van der Waals surface area contributed by atoms with Crippen molar-refractivity contribution >= 4 is 17.5 Å². The largest absolute Gasteiger partial charge is 0.368 e. The summed E-state index contributed by atoms with van der Waals surface area (Å²) in [5.41, 5.74) is 6.09. The second-order valence-electron chi connectivity index (χ2n) is 11.1. The van der Waals surface area contributed by atoms with Gasteiger partial charge in [-0.15, -0.1) is 0 Å². The van der Waals surface area contributed by atoms with E-state index in [0.29, 0.717) is 18.9 Å². The number of likely N-dealkylation sites (tertiary alicyclic amines) is 1. The number of hydrogen-bond donors (Lipinski definition) is 3. The van der Waals surface area contributed by atoms with Gasteiger partial charge in [-0.1, -0.05) is 0 Å². The lowest BCUT2D eigenvalue weighted by molar-refractivity contribution is -0.128. The Morgan fingerprint density at radius 1 is 1.25 bits per heavy atom. The van der Waals surface area contributed by atoms with E-state index in [4.69, 9.17) is 0 Å². The van der Waals surface area contributed by atoms with Crippen molar-refractivity contribution in [3.63, 3.8) is 0 Å². The van der Waals surface area contributed by atoms with Gasteiger partial charge in [0.25, 0.3) is 5.91 Å². The summed E-state index contributed by atoms with van der Waals surface area (Å²) >= 11 is 0. The summed E-state index contributed by atoms with van der Waals surface area (Å²) in [5, 5.41) is 18.2. The Morgan fingerprint density at radius 3 is 2.67 bits per heavy atom. The van der Waals surface area contributed by atoms with Gasteiger partial charge in [0.1, 0.15) is 6.17 Å². The molecule has 2 amide bonds. The average Bonchev–Trinajstić information content (AvgIpc) is 3.64. The van der Waals surface area contributed by atoms with Gasteiger partial charge in [0.05, 0.1) is 18.4 Å². The van der Waals surface area contributed by atoms with Crippen LogP contribution in [0.4, 0.5) is 5.69 Å². The molecule has 0 spiro atoms. The van der Waals surface area contributed by atoms with Crippen LogP contribution in [0.15, 0.2) is 18.2 Å². The molecule has 3 heterocycles. The first kappa shape index (κ1) is 25.0. The zero-order valence-electron chi connectivity index (χ0n) is 21.7. The van der Waals surface area contributed by atoms with Crippen molar-refractivity contribution in [1.82, 2.24) is 25.6 Å². The smallest absolute Gasteiger partial charge is 0.254 e. The van der Waals surface area contributed by atoms with Gasteiger partial charge in [-0.25, -0.2) is 10.4 Å². The zero-order chi connectivity index (χ0) is 25.4. The summed E-state index contributed by atoms with van der Waals surface area (Å²) in [5.74, 6) is 0.398. The third kappa shape index (κ3) is 4.95. The molecule has 0 aromatic heterocycles. The quantitative estimate of drug-likeness (QED) is 0.533. The molecule has 4 aliphatic rings. The molecule has 3 saturated heterocycles. The van der Waals surface area contributed by atoms with E-state index in [2.05, 4.69) is 39.1 Å².